The van der Waals surface area contributed by atoms with Crippen molar-refractivity contribution >= 4 is 27.5 Å². The standard InChI is InChI=1S/C16H18N4O2S/c1-20-8-10(7-17-20)15(9-4-11(21)5-9)19-16(22)13-6-14-12(18-13)2-3-23-14/h2-3,6-9,11,15,18,21H,4-5H2,1H3,(H,19,22)/t9?,11?,15-/m1/s1. The number of aryl methyl sites for hydroxylation is 1. The summed E-state index contributed by atoms with van der Waals surface area (Å²) in [5.41, 5.74) is 2.53. The second kappa shape index (κ2) is 5.50. The van der Waals surface area contributed by atoms with E-state index in [4.69, 9.17) is 0 Å². The monoisotopic (exact) mass is 330 g/mol. The predicted molar refractivity (Wildman–Crippen MR) is 88.3 cm³/mol. The molecule has 1 amide bonds. The van der Waals surface area contributed by atoms with E-state index in [0.29, 0.717) is 18.5 Å². The Morgan fingerprint density at radius 1 is 1.57 bits per heavy atom. The largest absolute Gasteiger partial charge is 0.393 e. The highest BCUT2D eigenvalue weighted by molar-refractivity contribution is 7.17. The molecule has 0 saturated heterocycles. The van der Waals surface area contributed by atoms with Crippen LogP contribution in [0.4, 0.5) is 0 Å². The number of thiophene rings is 1. The molecule has 0 aromatic carbocycles. The molecule has 1 atom stereocenters. The molecule has 1 saturated carbocycles. The van der Waals surface area contributed by atoms with Gasteiger partial charge in [-0.3, -0.25) is 9.48 Å². The van der Waals surface area contributed by atoms with Crippen molar-refractivity contribution in [2.24, 2.45) is 13.0 Å². The Balaban J connectivity index is 1.56. The normalized spacial score (nSPS) is 22.0. The van der Waals surface area contributed by atoms with Crippen LogP contribution >= 0.6 is 11.3 Å². The Morgan fingerprint density at radius 3 is 3.04 bits per heavy atom. The number of aromatic amines is 1. The van der Waals surface area contributed by atoms with Crippen molar-refractivity contribution in [1.82, 2.24) is 20.1 Å². The van der Waals surface area contributed by atoms with Crippen molar-refractivity contribution in [2.45, 2.75) is 25.0 Å². The fraction of sp³-hybridized carbons (Fsp3) is 0.375. The van der Waals surface area contributed by atoms with Crippen LogP contribution in [-0.4, -0.2) is 31.9 Å². The second-order valence-corrected chi connectivity index (χ2v) is 7.11. The quantitative estimate of drug-likeness (QED) is 0.686. The lowest BCUT2D eigenvalue weighted by Gasteiger charge is -2.37. The van der Waals surface area contributed by atoms with Crippen LogP contribution in [-0.2, 0) is 7.05 Å². The number of aliphatic hydroxyl groups is 1. The van der Waals surface area contributed by atoms with Crippen LogP contribution in [0.25, 0.3) is 10.2 Å². The first-order chi connectivity index (χ1) is 11.1. The van der Waals surface area contributed by atoms with E-state index in [-0.39, 0.29) is 24.0 Å². The van der Waals surface area contributed by atoms with E-state index >= 15 is 0 Å². The molecule has 0 unspecified atom stereocenters. The second-order valence-electron chi connectivity index (χ2n) is 6.17. The highest BCUT2D eigenvalue weighted by Crippen LogP contribution is 2.38. The average molecular weight is 330 g/mol. The van der Waals surface area contributed by atoms with Crippen molar-refractivity contribution in [1.29, 1.82) is 0 Å². The van der Waals surface area contributed by atoms with Crippen LogP contribution in [0, 0.1) is 5.92 Å². The molecule has 1 fully saturated rings. The maximum atomic E-state index is 12.6. The third-order valence-corrected chi connectivity index (χ3v) is 5.34. The number of nitrogens with one attached hydrogen (secondary N) is 2. The van der Waals surface area contributed by atoms with Gasteiger partial charge in [0.15, 0.2) is 0 Å². The van der Waals surface area contributed by atoms with E-state index in [1.54, 1.807) is 22.2 Å². The summed E-state index contributed by atoms with van der Waals surface area (Å²) in [6, 6.07) is 3.73. The van der Waals surface area contributed by atoms with Gasteiger partial charge in [0, 0.05) is 18.8 Å². The van der Waals surface area contributed by atoms with Gasteiger partial charge in [-0.2, -0.15) is 5.10 Å². The van der Waals surface area contributed by atoms with Gasteiger partial charge in [-0.1, -0.05) is 0 Å². The number of amides is 1. The Hall–Kier alpha value is -2.12. The molecule has 0 bridgehead atoms. The first-order valence-corrected chi connectivity index (χ1v) is 8.52. The maximum Gasteiger partial charge on any atom is 0.268 e. The van der Waals surface area contributed by atoms with E-state index in [0.717, 1.165) is 15.8 Å². The molecule has 1 aliphatic carbocycles. The predicted octanol–water partition coefficient (Wildman–Crippen LogP) is 2.20. The summed E-state index contributed by atoms with van der Waals surface area (Å²) in [4.78, 5) is 15.8. The van der Waals surface area contributed by atoms with Gasteiger partial charge in [-0.05, 0) is 36.3 Å². The first-order valence-electron chi connectivity index (χ1n) is 7.64. The summed E-state index contributed by atoms with van der Waals surface area (Å²) in [5, 5.41) is 18.9. The molecule has 0 aliphatic heterocycles. The van der Waals surface area contributed by atoms with E-state index in [2.05, 4.69) is 15.4 Å². The minimum absolute atomic E-state index is 0.122. The van der Waals surface area contributed by atoms with Crippen molar-refractivity contribution in [2.75, 3.05) is 0 Å². The molecule has 7 heteroatoms. The SMILES string of the molecule is Cn1cc([C@H](NC(=O)c2cc3sccc3[nH]2)C2CC(O)C2)cn1. The van der Waals surface area contributed by atoms with Crippen molar-refractivity contribution < 1.29 is 9.90 Å². The first kappa shape index (κ1) is 14.5. The Kier molecular flexibility index (Phi) is 3.46. The smallest absolute Gasteiger partial charge is 0.268 e. The Morgan fingerprint density at radius 2 is 2.39 bits per heavy atom. The van der Waals surface area contributed by atoms with Gasteiger partial charge in [-0.25, -0.2) is 0 Å². The third-order valence-electron chi connectivity index (χ3n) is 4.48. The molecule has 0 spiro atoms. The molecular weight excluding hydrogens is 312 g/mol. The molecule has 23 heavy (non-hydrogen) atoms. The van der Waals surface area contributed by atoms with E-state index in [1.165, 1.54) is 0 Å². The van der Waals surface area contributed by atoms with Gasteiger partial charge in [-0.15, -0.1) is 11.3 Å². The number of carbonyl (C=O) groups is 1. The van der Waals surface area contributed by atoms with E-state index in [9.17, 15) is 9.90 Å². The topological polar surface area (TPSA) is 82.9 Å². The number of aromatic nitrogens is 3. The summed E-state index contributed by atoms with van der Waals surface area (Å²) in [7, 11) is 1.86. The number of rotatable bonds is 4. The van der Waals surface area contributed by atoms with Gasteiger partial charge in [0.25, 0.3) is 5.91 Å². The molecule has 3 aromatic rings. The van der Waals surface area contributed by atoms with E-state index in [1.807, 2.05) is 30.8 Å². The number of H-pyrrole nitrogens is 1. The summed E-state index contributed by atoms with van der Waals surface area (Å²) >= 11 is 1.61. The number of hydrogen-bond donors (Lipinski definition) is 3. The minimum Gasteiger partial charge on any atom is -0.393 e. The molecule has 6 nitrogen and oxygen atoms in total. The number of nitrogens with zero attached hydrogens (tertiary/aromatic N) is 2. The number of fused-ring (bicyclic) bond motifs is 1. The molecule has 4 rings (SSSR count). The third kappa shape index (κ3) is 2.66. The maximum absolute atomic E-state index is 12.6. The molecule has 3 aromatic heterocycles. The van der Waals surface area contributed by atoms with Crippen LogP contribution in [0.2, 0.25) is 0 Å². The van der Waals surface area contributed by atoms with Crippen LogP contribution in [0.1, 0.15) is 34.9 Å². The van der Waals surface area contributed by atoms with Crippen molar-refractivity contribution in [3.05, 3.63) is 41.2 Å². The van der Waals surface area contributed by atoms with Gasteiger partial charge in [0.05, 0.1) is 28.6 Å². The lowest BCUT2D eigenvalue weighted by atomic mass is 9.75. The Labute approximate surface area is 137 Å². The van der Waals surface area contributed by atoms with Gasteiger partial charge < -0.3 is 15.4 Å². The molecular formula is C16H18N4O2S. The summed E-state index contributed by atoms with van der Waals surface area (Å²) in [6.07, 6.45) is 4.86. The van der Waals surface area contributed by atoms with Crippen LogP contribution < -0.4 is 5.32 Å². The highest BCUT2D eigenvalue weighted by atomic mass is 32.1. The van der Waals surface area contributed by atoms with Crippen molar-refractivity contribution in [3.8, 4) is 0 Å². The van der Waals surface area contributed by atoms with E-state index < -0.39 is 0 Å². The van der Waals surface area contributed by atoms with Gasteiger partial charge in [0.1, 0.15) is 5.69 Å². The van der Waals surface area contributed by atoms with Crippen LogP contribution in [0.3, 0.4) is 0 Å². The van der Waals surface area contributed by atoms with Crippen LogP contribution in [0.5, 0.6) is 0 Å². The summed E-state index contributed by atoms with van der Waals surface area (Å²) < 4.78 is 2.81. The fourth-order valence-corrected chi connectivity index (χ4v) is 3.95. The zero-order chi connectivity index (χ0) is 16.0. The summed E-state index contributed by atoms with van der Waals surface area (Å²) in [5.74, 6) is 0.123. The number of aliphatic hydroxyl groups excluding tert-OH is 1. The van der Waals surface area contributed by atoms with Gasteiger partial charge in [0.2, 0.25) is 0 Å². The molecule has 1 aliphatic rings. The zero-order valence-electron chi connectivity index (χ0n) is 12.7. The summed E-state index contributed by atoms with van der Waals surface area (Å²) in [6.45, 7) is 0. The Bertz CT molecular complexity index is 815. The molecule has 3 N–H and O–H groups in total. The van der Waals surface area contributed by atoms with Crippen LogP contribution in [0.15, 0.2) is 29.9 Å². The highest BCUT2D eigenvalue weighted by Gasteiger charge is 2.36. The fourth-order valence-electron chi connectivity index (χ4n) is 3.17. The molecule has 0 radical (unpaired) electrons. The minimum atomic E-state index is -0.258. The number of carbonyl (C=O) groups excluding carboxylic acids is 1. The average Bonchev–Trinajstić information content (AvgIpc) is 3.16. The lowest BCUT2D eigenvalue weighted by molar-refractivity contribution is 0.0234. The van der Waals surface area contributed by atoms with Gasteiger partial charge >= 0.3 is 0 Å². The zero-order valence-corrected chi connectivity index (χ0v) is 13.5. The van der Waals surface area contributed by atoms with Crippen molar-refractivity contribution in [3.63, 3.8) is 0 Å². The molecule has 3 heterocycles. The molecule has 120 valence electrons. The number of hydrogen-bond acceptors (Lipinski definition) is 4. The lowest BCUT2D eigenvalue weighted by Crippen LogP contribution is -2.41.